The van der Waals surface area contributed by atoms with Gasteiger partial charge in [0.1, 0.15) is 21.7 Å². The lowest BCUT2D eigenvalue weighted by Gasteiger charge is -2.06. The van der Waals surface area contributed by atoms with Crippen molar-refractivity contribution in [3.63, 3.8) is 0 Å². The summed E-state index contributed by atoms with van der Waals surface area (Å²) in [5.41, 5.74) is -0.397. The van der Waals surface area contributed by atoms with Crippen LogP contribution >= 0.6 is 0 Å². The Kier molecular flexibility index (Phi) is 4.62. The van der Waals surface area contributed by atoms with Crippen molar-refractivity contribution >= 4 is 19.9 Å². The molecular weight excluding hydrogens is 295 g/mol. The number of sulfonamides is 1. The SMILES string of the molecule is CS(=O)(=O)CCNS(=O)(=O)c1ccc(F)c(C#N)c1. The predicted octanol–water partition coefficient (Wildman–Crippen LogP) is 0.0203. The lowest BCUT2D eigenvalue weighted by atomic mass is 10.2. The highest BCUT2D eigenvalue weighted by atomic mass is 32.2. The van der Waals surface area contributed by atoms with Crippen LogP contribution in [0.3, 0.4) is 0 Å². The maximum absolute atomic E-state index is 13.0. The van der Waals surface area contributed by atoms with Crippen molar-refractivity contribution in [2.75, 3.05) is 18.6 Å². The zero-order valence-corrected chi connectivity index (χ0v) is 11.6. The van der Waals surface area contributed by atoms with Crippen LogP contribution in [0.2, 0.25) is 0 Å². The van der Waals surface area contributed by atoms with E-state index in [0.29, 0.717) is 0 Å². The molecule has 0 radical (unpaired) electrons. The Balaban J connectivity index is 2.93. The topological polar surface area (TPSA) is 104 Å². The molecule has 0 amide bonds. The van der Waals surface area contributed by atoms with Crippen molar-refractivity contribution in [1.82, 2.24) is 4.72 Å². The third kappa shape index (κ3) is 4.59. The van der Waals surface area contributed by atoms with Gasteiger partial charge in [0.15, 0.2) is 0 Å². The molecule has 0 aliphatic rings. The van der Waals surface area contributed by atoms with Gasteiger partial charge in [0.25, 0.3) is 0 Å². The first-order chi connectivity index (χ1) is 8.65. The molecule has 19 heavy (non-hydrogen) atoms. The maximum Gasteiger partial charge on any atom is 0.240 e. The largest absolute Gasteiger partial charge is 0.240 e. The Morgan fingerprint density at radius 2 is 1.95 bits per heavy atom. The van der Waals surface area contributed by atoms with Crippen LogP contribution in [-0.4, -0.2) is 35.4 Å². The molecule has 0 saturated carbocycles. The number of hydrogen-bond acceptors (Lipinski definition) is 5. The Hall–Kier alpha value is -1.50. The van der Waals surface area contributed by atoms with Crippen molar-refractivity contribution in [3.05, 3.63) is 29.6 Å². The summed E-state index contributed by atoms with van der Waals surface area (Å²) < 4.78 is 60.4. The van der Waals surface area contributed by atoms with Gasteiger partial charge in [-0.05, 0) is 18.2 Å². The Bertz CT molecular complexity index is 720. The fraction of sp³-hybridized carbons (Fsp3) is 0.300. The molecule has 0 bridgehead atoms. The van der Waals surface area contributed by atoms with Gasteiger partial charge in [-0.25, -0.2) is 25.9 Å². The summed E-state index contributed by atoms with van der Waals surface area (Å²) >= 11 is 0. The van der Waals surface area contributed by atoms with Crippen LogP contribution in [0.15, 0.2) is 23.1 Å². The van der Waals surface area contributed by atoms with E-state index in [1.807, 2.05) is 0 Å². The normalized spacial score (nSPS) is 12.1. The van der Waals surface area contributed by atoms with Crippen molar-refractivity contribution < 1.29 is 21.2 Å². The van der Waals surface area contributed by atoms with Gasteiger partial charge in [0.05, 0.1) is 16.2 Å². The van der Waals surface area contributed by atoms with Gasteiger partial charge in [-0.2, -0.15) is 5.26 Å². The van der Waals surface area contributed by atoms with Crippen LogP contribution in [0.1, 0.15) is 5.56 Å². The van der Waals surface area contributed by atoms with E-state index in [1.165, 1.54) is 6.07 Å². The van der Waals surface area contributed by atoms with Crippen molar-refractivity contribution in [2.45, 2.75) is 4.90 Å². The van der Waals surface area contributed by atoms with Gasteiger partial charge in [0.2, 0.25) is 10.0 Å². The Morgan fingerprint density at radius 1 is 1.32 bits per heavy atom. The minimum atomic E-state index is -3.96. The van der Waals surface area contributed by atoms with Crippen LogP contribution in [-0.2, 0) is 19.9 Å². The van der Waals surface area contributed by atoms with E-state index in [2.05, 4.69) is 4.72 Å². The fourth-order valence-corrected chi connectivity index (χ4v) is 2.86. The van der Waals surface area contributed by atoms with Gasteiger partial charge >= 0.3 is 0 Å². The lowest BCUT2D eigenvalue weighted by molar-refractivity contribution is 0.581. The van der Waals surface area contributed by atoms with E-state index in [-0.39, 0.29) is 17.2 Å². The van der Waals surface area contributed by atoms with Gasteiger partial charge in [-0.1, -0.05) is 0 Å². The molecule has 0 atom stereocenters. The van der Waals surface area contributed by atoms with Crippen molar-refractivity contribution in [2.24, 2.45) is 0 Å². The average molecular weight is 306 g/mol. The van der Waals surface area contributed by atoms with E-state index in [9.17, 15) is 21.2 Å². The zero-order chi connectivity index (χ0) is 14.7. The van der Waals surface area contributed by atoms with Crippen molar-refractivity contribution in [1.29, 1.82) is 5.26 Å². The van der Waals surface area contributed by atoms with Gasteiger partial charge < -0.3 is 0 Å². The molecule has 1 aromatic rings. The molecule has 0 heterocycles. The zero-order valence-electron chi connectivity index (χ0n) is 9.92. The van der Waals surface area contributed by atoms with Gasteiger partial charge in [-0.15, -0.1) is 0 Å². The molecular formula is C10H11FN2O4S2. The van der Waals surface area contributed by atoms with E-state index < -0.39 is 31.2 Å². The molecule has 0 fully saturated rings. The highest BCUT2D eigenvalue weighted by molar-refractivity contribution is 7.91. The molecule has 0 aromatic heterocycles. The monoisotopic (exact) mass is 306 g/mol. The van der Waals surface area contributed by atoms with Crippen LogP contribution in [0.4, 0.5) is 4.39 Å². The van der Waals surface area contributed by atoms with E-state index in [0.717, 1.165) is 24.5 Å². The maximum atomic E-state index is 13.0. The molecule has 6 nitrogen and oxygen atoms in total. The molecule has 1 rings (SSSR count). The van der Waals surface area contributed by atoms with Crippen LogP contribution in [0.25, 0.3) is 0 Å². The summed E-state index contributed by atoms with van der Waals surface area (Å²) in [6, 6.07) is 4.28. The molecule has 0 saturated heterocycles. The summed E-state index contributed by atoms with van der Waals surface area (Å²) in [6.45, 7) is -0.291. The third-order valence-corrected chi connectivity index (χ3v) is 4.54. The minimum Gasteiger partial charge on any atom is -0.229 e. The second kappa shape index (κ2) is 5.64. The summed E-state index contributed by atoms with van der Waals surface area (Å²) in [7, 11) is -7.25. The number of sulfone groups is 1. The molecule has 1 aromatic carbocycles. The number of nitriles is 1. The smallest absolute Gasteiger partial charge is 0.229 e. The Labute approximate surface area is 110 Å². The number of nitrogens with zero attached hydrogens (tertiary/aromatic N) is 1. The number of nitrogens with one attached hydrogen (secondary N) is 1. The second-order valence-electron chi connectivity index (χ2n) is 3.78. The van der Waals surface area contributed by atoms with E-state index >= 15 is 0 Å². The van der Waals surface area contributed by atoms with E-state index in [4.69, 9.17) is 5.26 Å². The number of halogens is 1. The standard InChI is InChI=1S/C10H11FN2O4S2/c1-18(14,15)5-4-13-19(16,17)9-2-3-10(11)8(6-9)7-12/h2-3,6,13H,4-5H2,1H3. The Morgan fingerprint density at radius 3 is 2.47 bits per heavy atom. The van der Waals surface area contributed by atoms with Crippen LogP contribution in [0.5, 0.6) is 0 Å². The molecule has 1 N–H and O–H groups in total. The second-order valence-corrected chi connectivity index (χ2v) is 7.81. The quantitative estimate of drug-likeness (QED) is 0.826. The number of benzene rings is 1. The third-order valence-electron chi connectivity index (χ3n) is 2.13. The summed E-state index contributed by atoms with van der Waals surface area (Å²) in [4.78, 5) is -0.293. The number of rotatable bonds is 5. The van der Waals surface area contributed by atoms with E-state index in [1.54, 1.807) is 0 Å². The molecule has 104 valence electrons. The summed E-state index contributed by atoms with van der Waals surface area (Å²) in [5, 5.41) is 8.61. The molecule has 0 spiro atoms. The molecule has 0 aliphatic carbocycles. The minimum absolute atomic E-state index is 0.291. The highest BCUT2D eigenvalue weighted by Crippen LogP contribution is 2.14. The summed E-state index contributed by atoms with van der Waals surface area (Å²) in [6.07, 6.45) is 0.979. The van der Waals surface area contributed by atoms with Gasteiger partial charge in [0, 0.05) is 12.8 Å². The van der Waals surface area contributed by atoms with Crippen LogP contribution in [0, 0.1) is 17.1 Å². The molecule has 0 aliphatic heterocycles. The van der Waals surface area contributed by atoms with Gasteiger partial charge in [-0.3, -0.25) is 0 Å². The fourth-order valence-electron chi connectivity index (χ4n) is 1.20. The summed E-state index contributed by atoms with van der Waals surface area (Å²) in [5.74, 6) is -1.17. The lowest BCUT2D eigenvalue weighted by Crippen LogP contribution is -2.29. The first-order valence-electron chi connectivity index (χ1n) is 5.03. The predicted molar refractivity (Wildman–Crippen MR) is 66.0 cm³/mol. The molecule has 0 unspecified atom stereocenters. The highest BCUT2D eigenvalue weighted by Gasteiger charge is 2.16. The van der Waals surface area contributed by atoms with Crippen molar-refractivity contribution in [3.8, 4) is 6.07 Å². The average Bonchev–Trinajstić information content (AvgIpc) is 2.27. The first kappa shape index (κ1) is 15.6. The number of hydrogen-bond donors (Lipinski definition) is 1. The first-order valence-corrected chi connectivity index (χ1v) is 8.57. The van der Waals surface area contributed by atoms with Crippen LogP contribution < -0.4 is 4.72 Å². The molecule has 9 heteroatoms.